The highest BCUT2D eigenvalue weighted by molar-refractivity contribution is 7.89. The molecule has 0 aromatic carbocycles. The standard InChI is InChI=1S/C20H39N3O8S/c1-5-9-20(3,4)31-13-12-30-11-10-22-15(2)17(24)7-6-16(19(26)27)23-18(25)8-14-32(21,28)29/h15-16,22H,5-14H2,1-4H3,(H,23,25)(H,26,27)(H2,21,28,29). The van der Waals surface area contributed by atoms with Crippen LogP contribution >= 0.6 is 0 Å². The molecule has 11 nitrogen and oxygen atoms in total. The lowest BCUT2D eigenvalue weighted by Crippen LogP contribution is -2.43. The van der Waals surface area contributed by atoms with Gasteiger partial charge < -0.3 is 25.2 Å². The lowest BCUT2D eigenvalue weighted by molar-refractivity contribution is -0.142. The van der Waals surface area contributed by atoms with Crippen LogP contribution in [-0.2, 0) is 33.9 Å². The van der Waals surface area contributed by atoms with E-state index in [2.05, 4.69) is 17.6 Å². The number of Topliss-reactive ketones (excluding diaryl/α,β-unsaturated/α-hetero) is 1. The average molecular weight is 482 g/mol. The number of primary sulfonamides is 1. The van der Waals surface area contributed by atoms with Crippen molar-refractivity contribution in [2.45, 2.75) is 77.5 Å². The maximum Gasteiger partial charge on any atom is 0.326 e. The predicted molar refractivity (Wildman–Crippen MR) is 120 cm³/mol. The molecule has 0 radical (unpaired) electrons. The Hall–Kier alpha value is -1.60. The molecule has 188 valence electrons. The van der Waals surface area contributed by atoms with Crippen LogP contribution in [0.1, 0.15) is 59.8 Å². The summed E-state index contributed by atoms with van der Waals surface area (Å²) in [6.45, 7) is 9.62. The number of carboxylic acids is 1. The first-order valence-corrected chi connectivity index (χ1v) is 12.5. The third kappa shape index (κ3) is 16.1. The van der Waals surface area contributed by atoms with Gasteiger partial charge in [0.25, 0.3) is 0 Å². The number of hydrogen-bond donors (Lipinski definition) is 4. The molecule has 0 saturated carbocycles. The number of aliphatic carboxylic acids is 1. The number of sulfonamides is 1. The molecular weight excluding hydrogens is 442 g/mol. The molecule has 0 aliphatic heterocycles. The summed E-state index contributed by atoms with van der Waals surface area (Å²) in [7, 11) is -3.83. The van der Waals surface area contributed by atoms with Crippen LogP contribution in [0.2, 0.25) is 0 Å². The van der Waals surface area contributed by atoms with Gasteiger partial charge in [-0.15, -0.1) is 0 Å². The first-order valence-electron chi connectivity index (χ1n) is 10.8. The summed E-state index contributed by atoms with van der Waals surface area (Å²) in [6.07, 6.45) is 1.39. The maximum absolute atomic E-state index is 12.2. The van der Waals surface area contributed by atoms with Crippen molar-refractivity contribution in [2.75, 3.05) is 32.1 Å². The van der Waals surface area contributed by atoms with E-state index in [-0.39, 0.29) is 24.2 Å². The molecule has 2 atom stereocenters. The van der Waals surface area contributed by atoms with Gasteiger partial charge >= 0.3 is 5.97 Å². The fourth-order valence-electron chi connectivity index (χ4n) is 2.88. The average Bonchev–Trinajstić information content (AvgIpc) is 2.67. The molecule has 0 aliphatic carbocycles. The quantitative estimate of drug-likeness (QED) is 0.187. The Morgan fingerprint density at radius 1 is 1.12 bits per heavy atom. The Balaban J connectivity index is 4.13. The minimum absolute atomic E-state index is 0.0676. The number of ether oxygens (including phenoxy) is 2. The van der Waals surface area contributed by atoms with Crippen LogP contribution in [0.4, 0.5) is 0 Å². The zero-order chi connectivity index (χ0) is 24.8. The largest absolute Gasteiger partial charge is 0.480 e. The molecule has 32 heavy (non-hydrogen) atoms. The lowest BCUT2D eigenvalue weighted by Gasteiger charge is -2.24. The van der Waals surface area contributed by atoms with E-state index in [0.717, 1.165) is 12.8 Å². The highest BCUT2D eigenvalue weighted by Crippen LogP contribution is 2.15. The van der Waals surface area contributed by atoms with Gasteiger partial charge in [0.05, 0.1) is 37.2 Å². The van der Waals surface area contributed by atoms with E-state index in [9.17, 15) is 27.9 Å². The first-order chi connectivity index (χ1) is 14.8. The van der Waals surface area contributed by atoms with E-state index in [4.69, 9.17) is 14.6 Å². The van der Waals surface area contributed by atoms with Gasteiger partial charge in [-0.25, -0.2) is 18.4 Å². The summed E-state index contributed by atoms with van der Waals surface area (Å²) in [5.41, 5.74) is -0.174. The summed E-state index contributed by atoms with van der Waals surface area (Å²) < 4.78 is 33.0. The van der Waals surface area contributed by atoms with Crippen LogP contribution in [0.5, 0.6) is 0 Å². The Morgan fingerprint density at radius 3 is 2.34 bits per heavy atom. The van der Waals surface area contributed by atoms with Gasteiger partial charge in [-0.05, 0) is 33.6 Å². The number of ketones is 1. The second kappa shape index (κ2) is 15.3. The van der Waals surface area contributed by atoms with Crippen LogP contribution in [-0.4, -0.2) is 81.0 Å². The van der Waals surface area contributed by atoms with Crippen LogP contribution in [0.3, 0.4) is 0 Å². The Labute approximate surface area is 190 Å². The van der Waals surface area contributed by atoms with Crippen molar-refractivity contribution >= 4 is 27.7 Å². The third-order valence-electron chi connectivity index (χ3n) is 4.68. The van der Waals surface area contributed by atoms with Gasteiger partial charge in [0.15, 0.2) is 0 Å². The van der Waals surface area contributed by atoms with Crippen molar-refractivity contribution < 1.29 is 37.4 Å². The summed E-state index contributed by atoms with van der Waals surface area (Å²) in [5.74, 6) is -2.86. The number of carbonyl (C=O) groups excluding carboxylic acids is 2. The molecule has 0 heterocycles. The van der Waals surface area contributed by atoms with Crippen molar-refractivity contribution in [2.24, 2.45) is 5.14 Å². The first kappa shape index (κ1) is 30.4. The third-order valence-corrected chi connectivity index (χ3v) is 5.45. The molecular formula is C20H39N3O8S. The molecule has 0 aromatic heterocycles. The van der Waals surface area contributed by atoms with Crippen LogP contribution in [0, 0.1) is 0 Å². The van der Waals surface area contributed by atoms with Crippen molar-refractivity contribution in [3.8, 4) is 0 Å². The molecule has 2 unspecified atom stereocenters. The second-order valence-corrected chi connectivity index (χ2v) is 9.96. The maximum atomic E-state index is 12.2. The highest BCUT2D eigenvalue weighted by atomic mass is 32.2. The van der Waals surface area contributed by atoms with Crippen LogP contribution < -0.4 is 15.8 Å². The number of amides is 1. The minimum atomic E-state index is -3.83. The minimum Gasteiger partial charge on any atom is -0.480 e. The van der Waals surface area contributed by atoms with Crippen molar-refractivity contribution in [1.82, 2.24) is 10.6 Å². The zero-order valence-electron chi connectivity index (χ0n) is 19.5. The molecule has 0 spiro atoms. The summed E-state index contributed by atoms with van der Waals surface area (Å²) in [4.78, 5) is 35.2. The highest BCUT2D eigenvalue weighted by Gasteiger charge is 2.23. The molecule has 1 amide bonds. The van der Waals surface area contributed by atoms with Gasteiger partial charge in [-0.1, -0.05) is 13.3 Å². The SMILES string of the molecule is CCCC(C)(C)OCCOCCNC(C)C(=O)CCC(NC(=O)CCS(N)(=O)=O)C(=O)O. The number of hydrogen-bond acceptors (Lipinski definition) is 8. The molecule has 0 saturated heterocycles. The number of nitrogens with one attached hydrogen (secondary N) is 2. The van der Waals surface area contributed by atoms with E-state index in [1.54, 1.807) is 6.92 Å². The van der Waals surface area contributed by atoms with Crippen molar-refractivity contribution in [1.29, 1.82) is 0 Å². The molecule has 0 aromatic rings. The monoisotopic (exact) mass is 481 g/mol. The predicted octanol–water partition coefficient (Wildman–Crippen LogP) is 0.174. The normalized spacial score (nSPS) is 14.0. The van der Waals surface area contributed by atoms with Crippen molar-refractivity contribution in [3.63, 3.8) is 0 Å². The lowest BCUT2D eigenvalue weighted by atomic mass is 10.0. The Morgan fingerprint density at radius 2 is 1.78 bits per heavy atom. The summed E-state index contributed by atoms with van der Waals surface area (Å²) in [5, 5.41) is 19.3. The topological polar surface area (TPSA) is 174 Å². The fourth-order valence-corrected chi connectivity index (χ4v) is 3.35. The summed E-state index contributed by atoms with van der Waals surface area (Å²) in [6, 6.07) is -1.80. The van der Waals surface area contributed by atoms with Gasteiger partial charge in [-0.2, -0.15) is 0 Å². The number of rotatable bonds is 19. The van der Waals surface area contributed by atoms with E-state index in [1.807, 2.05) is 13.8 Å². The number of carbonyl (C=O) groups is 3. The second-order valence-electron chi connectivity index (χ2n) is 8.23. The van der Waals surface area contributed by atoms with E-state index >= 15 is 0 Å². The zero-order valence-corrected chi connectivity index (χ0v) is 20.3. The van der Waals surface area contributed by atoms with Gasteiger partial charge in [0.2, 0.25) is 15.9 Å². The fraction of sp³-hybridized carbons (Fsp3) is 0.850. The van der Waals surface area contributed by atoms with Gasteiger partial charge in [-0.3, -0.25) is 9.59 Å². The molecule has 5 N–H and O–H groups in total. The molecule has 12 heteroatoms. The number of nitrogens with two attached hydrogens (primary N) is 1. The van der Waals surface area contributed by atoms with Gasteiger partial charge in [0.1, 0.15) is 11.8 Å². The smallest absolute Gasteiger partial charge is 0.326 e. The molecule has 0 rings (SSSR count). The number of carboxylic acid groups (broad SMARTS) is 1. The summed E-state index contributed by atoms with van der Waals surface area (Å²) >= 11 is 0. The van der Waals surface area contributed by atoms with Crippen LogP contribution in [0.15, 0.2) is 0 Å². The Kier molecular flexibility index (Phi) is 14.5. The van der Waals surface area contributed by atoms with E-state index in [1.165, 1.54) is 0 Å². The van der Waals surface area contributed by atoms with E-state index < -0.39 is 46.2 Å². The molecule has 0 bridgehead atoms. The molecule has 0 fully saturated rings. The van der Waals surface area contributed by atoms with E-state index in [0.29, 0.717) is 26.4 Å². The Bertz CT molecular complexity index is 697. The molecule has 0 aliphatic rings. The van der Waals surface area contributed by atoms with Crippen LogP contribution in [0.25, 0.3) is 0 Å². The van der Waals surface area contributed by atoms with Gasteiger partial charge in [0, 0.05) is 19.4 Å². The van der Waals surface area contributed by atoms with Crippen molar-refractivity contribution in [3.05, 3.63) is 0 Å².